The van der Waals surface area contributed by atoms with Crippen molar-refractivity contribution >= 4 is 0 Å². The van der Waals surface area contributed by atoms with Crippen molar-refractivity contribution in [3.63, 3.8) is 0 Å². The normalized spacial score (nSPS) is 18.0. The van der Waals surface area contributed by atoms with E-state index in [1.54, 1.807) is 0 Å². The van der Waals surface area contributed by atoms with Crippen LogP contribution >= 0.6 is 0 Å². The first-order valence-electron chi connectivity index (χ1n) is 5.68. The van der Waals surface area contributed by atoms with Crippen LogP contribution in [0, 0.1) is 6.42 Å². The monoisotopic (exact) mass is 223 g/mol. The maximum atomic E-state index is 3.80. The second-order valence-electron chi connectivity index (χ2n) is 4.16. The largest absolute Gasteiger partial charge is 0.0952 e. The first kappa shape index (κ1) is 13.2. The van der Waals surface area contributed by atoms with Crippen molar-refractivity contribution in [3.8, 4) is 0 Å². The summed E-state index contributed by atoms with van der Waals surface area (Å²) in [5.41, 5.74) is 4.70. The van der Waals surface area contributed by atoms with Crippen LogP contribution in [0.25, 0.3) is 0 Å². The number of hydrogen-bond donors (Lipinski definition) is 0. The van der Waals surface area contributed by atoms with Gasteiger partial charge in [0, 0.05) is 6.42 Å². The molecular weight excluding hydrogens is 204 g/mol. The van der Waals surface area contributed by atoms with Gasteiger partial charge in [-0.2, -0.15) is 0 Å². The molecule has 0 unspecified atom stereocenters. The number of rotatable bonds is 0. The van der Waals surface area contributed by atoms with Crippen molar-refractivity contribution in [1.29, 1.82) is 0 Å². The Hall–Kier alpha value is -1.82. The molecule has 0 nitrogen and oxygen atoms in total. The van der Waals surface area contributed by atoms with E-state index in [0.29, 0.717) is 0 Å². The minimum Gasteiger partial charge on any atom is -0.0952 e. The van der Waals surface area contributed by atoms with Crippen LogP contribution in [-0.4, -0.2) is 0 Å². The van der Waals surface area contributed by atoms with Crippen molar-refractivity contribution in [2.45, 2.75) is 13.8 Å². The summed E-state index contributed by atoms with van der Waals surface area (Å²) in [4.78, 5) is 0. The van der Waals surface area contributed by atoms with Gasteiger partial charge in [0.15, 0.2) is 0 Å². The zero-order valence-corrected chi connectivity index (χ0v) is 10.6. The first-order chi connectivity index (χ1) is 8.08. The molecule has 0 amide bonds. The van der Waals surface area contributed by atoms with Gasteiger partial charge in [-0.15, -0.1) is 0 Å². The lowest BCUT2D eigenvalue weighted by Gasteiger charge is -2.00. The van der Waals surface area contributed by atoms with E-state index in [1.807, 2.05) is 30.7 Å². The third-order valence-corrected chi connectivity index (χ3v) is 2.35. The lowest BCUT2D eigenvalue weighted by atomic mass is 10.1. The molecule has 0 atom stereocenters. The van der Waals surface area contributed by atoms with Gasteiger partial charge in [0.25, 0.3) is 0 Å². The van der Waals surface area contributed by atoms with Gasteiger partial charge < -0.3 is 0 Å². The molecule has 0 fully saturated rings. The molecule has 0 heteroatoms. The molecule has 0 aromatic rings. The van der Waals surface area contributed by atoms with Crippen molar-refractivity contribution in [1.82, 2.24) is 0 Å². The highest BCUT2D eigenvalue weighted by molar-refractivity contribution is 5.40. The van der Waals surface area contributed by atoms with Crippen LogP contribution in [-0.2, 0) is 0 Å². The summed E-state index contributed by atoms with van der Waals surface area (Å²) in [7, 11) is 0. The molecule has 87 valence electrons. The quantitative estimate of drug-likeness (QED) is 0.549. The molecule has 2 aliphatic rings. The molecule has 0 aliphatic heterocycles. The molecule has 1 radical (unpaired) electrons. The van der Waals surface area contributed by atoms with E-state index in [4.69, 9.17) is 0 Å². The van der Waals surface area contributed by atoms with E-state index in [1.165, 1.54) is 11.1 Å². The Labute approximate surface area is 105 Å². The van der Waals surface area contributed by atoms with Crippen molar-refractivity contribution in [3.05, 3.63) is 90.5 Å². The van der Waals surface area contributed by atoms with E-state index >= 15 is 0 Å². The Bertz CT molecular complexity index is 446. The molecular formula is C17H19. The Morgan fingerprint density at radius 2 is 1.29 bits per heavy atom. The van der Waals surface area contributed by atoms with E-state index in [2.05, 4.69) is 51.3 Å². The Kier molecular flexibility index (Phi) is 5.22. The molecule has 0 N–H and O–H groups in total. The molecule has 17 heavy (non-hydrogen) atoms. The SMILES string of the molecule is C=C1C=CC=C(C)C=C1.C=C1[CH]C=C(C)C=C1. The zero-order chi connectivity index (χ0) is 12.7. The van der Waals surface area contributed by atoms with Gasteiger partial charge in [-0.25, -0.2) is 0 Å². The summed E-state index contributed by atoms with van der Waals surface area (Å²) in [5, 5.41) is 0. The topological polar surface area (TPSA) is 0 Å². The van der Waals surface area contributed by atoms with E-state index in [0.717, 1.165) is 11.1 Å². The highest BCUT2D eigenvalue weighted by Gasteiger charge is 1.92. The van der Waals surface area contributed by atoms with E-state index in [9.17, 15) is 0 Å². The van der Waals surface area contributed by atoms with Crippen LogP contribution in [0.4, 0.5) is 0 Å². The molecule has 0 heterocycles. The highest BCUT2D eigenvalue weighted by atomic mass is 14.0. The summed E-state index contributed by atoms with van der Waals surface area (Å²) in [6.45, 7) is 11.7. The number of hydrogen-bond acceptors (Lipinski definition) is 0. The molecule has 0 spiro atoms. The van der Waals surface area contributed by atoms with E-state index in [-0.39, 0.29) is 0 Å². The third-order valence-electron chi connectivity index (χ3n) is 2.35. The fraction of sp³-hybridized carbons (Fsp3) is 0.118. The lowest BCUT2D eigenvalue weighted by Crippen LogP contribution is -1.81. The van der Waals surface area contributed by atoms with Crippen LogP contribution in [0.3, 0.4) is 0 Å². The predicted octanol–water partition coefficient (Wildman–Crippen LogP) is 4.88. The van der Waals surface area contributed by atoms with Gasteiger partial charge in [0.05, 0.1) is 0 Å². The lowest BCUT2D eigenvalue weighted by molar-refractivity contribution is 1.42. The molecule has 0 bridgehead atoms. The summed E-state index contributed by atoms with van der Waals surface area (Å²) in [6.07, 6.45) is 18.3. The average molecular weight is 223 g/mol. The molecule has 0 aromatic heterocycles. The first-order valence-corrected chi connectivity index (χ1v) is 5.68. The molecule has 0 aromatic carbocycles. The molecule has 0 saturated heterocycles. The van der Waals surface area contributed by atoms with Crippen LogP contribution in [0.5, 0.6) is 0 Å². The molecule has 2 aliphatic carbocycles. The van der Waals surface area contributed by atoms with Crippen LogP contribution < -0.4 is 0 Å². The summed E-state index contributed by atoms with van der Waals surface area (Å²) in [5.74, 6) is 0. The summed E-state index contributed by atoms with van der Waals surface area (Å²) >= 11 is 0. The Morgan fingerprint density at radius 3 is 1.88 bits per heavy atom. The summed E-state index contributed by atoms with van der Waals surface area (Å²) < 4.78 is 0. The maximum Gasteiger partial charge on any atom is 0.0121 e. The van der Waals surface area contributed by atoms with E-state index < -0.39 is 0 Å². The van der Waals surface area contributed by atoms with Crippen LogP contribution in [0.15, 0.2) is 84.1 Å². The molecule has 0 saturated carbocycles. The average Bonchev–Trinajstić information content (AvgIpc) is 2.49. The maximum absolute atomic E-state index is 3.80. The summed E-state index contributed by atoms with van der Waals surface area (Å²) in [6, 6.07) is 0. The minimum atomic E-state index is 1.06. The smallest absolute Gasteiger partial charge is 0.0121 e. The van der Waals surface area contributed by atoms with Crippen LogP contribution in [0.1, 0.15) is 13.8 Å². The molecule has 2 rings (SSSR count). The second kappa shape index (κ2) is 6.70. The van der Waals surface area contributed by atoms with Gasteiger partial charge in [-0.05, 0) is 25.0 Å². The zero-order valence-electron chi connectivity index (χ0n) is 10.6. The van der Waals surface area contributed by atoms with Crippen molar-refractivity contribution in [2.24, 2.45) is 0 Å². The fourth-order valence-corrected chi connectivity index (χ4v) is 1.26. The van der Waals surface area contributed by atoms with Gasteiger partial charge in [0.1, 0.15) is 0 Å². The van der Waals surface area contributed by atoms with Crippen molar-refractivity contribution in [2.75, 3.05) is 0 Å². The Morgan fingerprint density at radius 1 is 0.706 bits per heavy atom. The highest BCUT2D eigenvalue weighted by Crippen LogP contribution is 2.10. The van der Waals surface area contributed by atoms with Crippen molar-refractivity contribution < 1.29 is 0 Å². The minimum absolute atomic E-state index is 1.06. The standard InChI is InChI=1S/C9H10.C8H9/c1-8-4-3-5-9(2)7-6-8;1-7-3-5-8(2)6-4-7/h3-7H,1H2,2H3;3-6H,1H2,2H3. The van der Waals surface area contributed by atoms with Gasteiger partial charge in [-0.1, -0.05) is 72.9 Å². The number of allylic oxidation sites excluding steroid dienone is 12. The van der Waals surface area contributed by atoms with Gasteiger partial charge >= 0.3 is 0 Å². The Balaban J connectivity index is 0.000000171. The predicted molar refractivity (Wildman–Crippen MR) is 77.5 cm³/mol. The van der Waals surface area contributed by atoms with Gasteiger partial charge in [0.2, 0.25) is 0 Å². The second-order valence-corrected chi connectivity index (χ2v) is 4.16. The fourth-order valence-electron chi connectivity index (χ4n) is 1.26. The van der Waals surface area contributed by atoms with Crippen LogP contribution in [0.2, 0.25) is 0 Å². The third kappa shape index (κ3) is 5.72. The van der Waals surface area contributed by atoms with Gasteiger partial charge in [-0.3, -0.25) is 0 Å².